The molecule has 0 bridgehead atoms. The molecule has 150 valence electrons. The highest BCUT2D eigenvalue weighted by molar-refractivity contribution is 7.09. The Morgan fingerprint density at radius 1 is 1.39 bits per heavy atom. The Labute approximate surface area is 169 Å². The fraction of sp³-hybridized carbons (Fsp3) is 0.476. The maximum atomic E-state index is 13.3. The van der Waals surface area contributed by atoms with Gasteiger partial charge in [0.2, 0.25) is 11.8 Å². The number of hydrogen-bond acceptors (Lipinski definition) is 4. The number of thiazole rings is 1. The van der Waals surface area contributed by atoms with Crippen molar-refractivity contribution in [3.05, 3.63) is 51.7 Å². The molecule has 1 aromatic carbocycles. The third-order valence-electron chi connectivity index (χ3n) is 5.16. The molecule has 1 saturated heterocycles. The molecule has 2 aromatic rings. The van der Waals surface area contributed by atoms with Gasteiger partial charge in [-0.25, -0.2) is 9.37 Å². The average Bonchev–Trinajstić information content (AvgIpc) is 3.09. The second-order valence-corrected chi connectivity index (χ2v) is 8.15. The fourth-order valence-electron chi connectivity index (χ4n) is 3.47. The van der Waals surface area contributed by atoms with E-state index in [1.54, 1.807) is 22.3 Å². The Morgan fingerprint density at radius 3 is 3.00 bits per heavy atom. The van der Waals surface area contributed by atoms with E-state index >= 15 is 0 Å². The van der Waals surface area contributed by atoms with Crippen LogP contribution in [0, 0.1) is 18.7 Å². The number of hydrogen-bond donors (Lipinski definition) is 1. The van der Waals surface area contributed by atoms with E-state index in [1.165, 1.54) is 17.0 Å². The highest BCUT2D eigenvalue weighted by Gasteiger charge is 2.29. The second kappa shape index (κ2) is 9.78. The lowest BCUT2D eigenvalue weighted by molar-refractivity contribution is -0.138. The van der Waals surface area contributed by atoms with Crippen LogP contribution in [-0.2, 0) is 22.4 Å². The number of nitrogens with zero attached hydrogens (tertiary/aromatic N) is 2. The Morgan fingerprint density at radius 2 is 2.25 bits per heavy atom. The van der Waals surface area contributed by atoms with Crippen LogP contribution in [0.2, 0.25) is 0 Å². The first-order valence-corrected chi connectivity index (χ1v) is 10.6. The van der Waals surface area contributed by atoms with Crippen molar-refractivity contribution < 1.29 is 14.0 Å². The van der Waals surface area contributed by atoms with Crippen LogP contribution in [0.5, 0.6) is 0 Å². The summed E-state index contributed by atoms with van der Waals surface area (Å²) in [7, 11) is 0. The largest absolute Gasteiger partial charge is 0.356 e. The molecule has 28 heavy (non-hydrogen) atoms. The number of aryl methyl sites for hydroxylation is 2. The molecule has 0 aliphatic carbocycles. The van der Waals surface area contributed by atoms with Crippen LogP contribution in [0.1, 0.15) is 35.4 Å². The van der Waals surface area contributed by atoms with Gasteiger partial charge in [-0.2, -0.15) is 0 Å². The van der Waals surface area contributed by atoms with Crippen LogP contribution in [0.25, 0.3) is 0 Å². The number of piperidine rings is 1. The van der Waals surface area contributed by atoms with Gasteiger partial charge in [0.25, 0.3) is 0 Å². The van der Waals surface area contributed by atoms with Crippen LogP contribution >= 0.6 is 11.3 Å². The standard InChI is InChI=1S/C21H26FN3O2S/c1-15-19(28-14-24-15)6-3-10-23-21(27)17-7-8-20(26)25(13-17)11-9-16-4-2-5-18(22)12-16/h2,4-5,12,14,17H,3,6-11,13H2,1H3,(H,23,27). The first-order valence-electron chi connectivity index (χ1n) is 9.72. The van der Waals surface area contributed by atoms with Gasteiger partial charge in [0, 0.05) is 30.9 Å². The Hall–Kier alpha value is -2.28. The Bertz CT molecular complexity index is 823. The molecule has 3 rings (SSSR count). The third-order valence-corrected chi connectivity index (χ3v) is 6.15. The monoisotopic (exact) mass is 403 g/mol. The summed E-state index contributed by atoms with van der Waals surface area (Å²) in [6.07, 6.45) is 3.37. The summed E-state index contributed by atoms with van der Waals surface area (Å²) in [5.41, 5.74) is 3.77. The number of nitrogens with one attached hydrogen (secondary N) is 1. The number of rotatable bonds is 8. The van der Waals surface area contributed by atoms with Gasteiger partial charge < -0.3 is 10.2 Å². The molecule has 0 saturated carbocycles. The molecule has 1 fully saturated rings. The number of likely N-dealkylation sites (tertiary alicyclic amines) is 1. The average molecular weight is 404 g/mol. The van der Waals surface area contributed by atoms with Crippen molar-refractivity contribution in [2.45, 2.75) is 39.0 Å². The van der Waals surface area contributed by atoms with Crippen molar-refractivity contribution in [3.63, 3.8) is 0 Å². The van der Waals surface area contributed by atoms with Crippen molar-refractivity contribution in [2.75, 3.05) is 19.6 Å². The normalized spacial score (nSPS) is 17.0. The van der Waals surface area contributed by atoms with Gasteiger partial charge in [0.05, 0.1) is 17.1 Å². The SMILES string of the molecule is Cc1ncsc1CCCNC(=O)C1CCC(=O)N(CCc2cccc(F)c2)C1. The number of carbonyl (C=O) groups excluding carboxylic acids is 2. The summed E-state index contributed by atoms with van der Waals surface area (Å²) in [6.45, 7) is 3.58. The second-order valence-electron chi connectivity index (χ2n) is 7.21. The number of benzene rings is 1. The van der Waals surface area contributed by atoms with Gasteiger partial charge in [0.1, 0.15) is 5.82 Å². The fourth-order valence-corrected chi connectivity index (χ4v) is 4.30. The first kappa shape index (κ1) is 20.5. The molecular weight excluding hydrogens is 377 g/mol. The molecule has 1 aliphatic rings. The maximum Gasteiger partial charge on any atom is 0.224 e. The van der Waals surface area contributed by atoms with Crippen molar-refractivity contribution >= 4 is 23.2 Å². The summed E-state index contributed by atoms with van der Waals surface area (Å²) in [5.74, 6) is -0.353. The molecule has 2 amide bonds. The topological polar surface area (TPSA) is 62.3 Å². The van der Waals surface area contributed by atoms with Gasteiger partial charge in [-0.1, -0.05) is 12.1 Å². The molecule has 1 aliphatic heterocycles. The highest BCUT2D eigenvalue weighted by atomic mass is 32.1. The van der Waals surface area contributed by atoms with E-state index in [0.717, 1.165) is 24.1 Å². The summed E-state index contributed by atoms with van der Waals surface area (Å²) in [5, 5.41) is 3.01. The quantitative estimate of drug-likeness (QED) is 0.689. The van der Waals surface area contributed by atoms with Crippen molar-refractivity contribution in [1.82, 2.24) is 15.2 Å². The van der Waals surface area contributed by atoms with E-state index in [0.29, 0.717) is 38.9 Å². The van der Waals surface area contributed by atoms with Gasteiger partial charge in [0.15, 0.2) is 0 Å². The zero-order chi connectivity index (χ0) is 19.9. The number of aromatic nitrogens is 1. The minimum Gasteiger partial charge on any atom is -0.356 e. The zero-order valence-electron chi connectivity index (χ0n) is 16.1. The van der Waals surface area contributed by atoms with Crippen molar-refractivity contribution in [1.29, 1.82) is 0 Å². The molecule has 1 aromatic heterocycles. The lowest BCUT2D eigenvalue weighted by Crippen LogP contribution is -2.46. The molecular formula is C21H26FN3O2S. The third kappa shape index (κ3) is 5.61. The molecule has 0 radical (unpaired) electrons. The Balaban J connectivity index is 1.43. The van der Waals surface area contributed by atoms with E-state index in [2.05, 4.69) is 10.3 Å². The summed E-state index contributed by atoms with van der Waals surface area (Å²) in [4.78, 5) is 31.9. The van der Waals surface area contributed by atoms with E-state index < -0.39 is 0 Å². The first-order chi connectivity index (χ1) is 13.5. The van der Waals surface area contributed by atoms with Crippen LogP contribution in [0.15, 0.2) is 29.8 Å². The number of carbonyl (C=O) groups is 2. The van der Waals surface area contributed by atoms with Gasteiger partial charge in [-0.05, 0) is 50.3 Å². The number of amides is 2. The molecule has 2 heterocycles. The zero-order valence-corrected chi connectivity index (χ0v) is 16.9. The highest BCUT2D eigenvalue weighted by Crippen LogP contribution is 2.19. The van der Waals surface area contributed by atoms with Crippen LogP contribution in [0.3, 0.4) is 0 Å². The van der Waals surface area contributed by atoms with Crippen LogP contribution in [0.4, 0.5) is 4.39 Å². The molecule has 0 spiro atoms. The number of halogens is 1. The van der Waals surface area contributed by atoms with E-state index in [1.807, 2.05) is 18.5 Å². The van der Waals surface area contributed by atoms with E-state index in [-0.39, 0.29) is 23.5 Å². The van der Waals surface area contributed by atoms with Gasteiger partial charge in [-0.3, -0.25) is 9.59 Å². The van der Waals surface area contributed by atoms with Crippen LogP contribution < -0.4 is 5.32 Å². The maximum absolute atomic E-state index is 13.3. The summed E-state index contributed by atoms with van der Waals surface area (Å²) < 4.78 is 13.3. The minimum absolute atomic E-state index is 0.0179. The smallest absolute Gasteiger partial charge is 0.224 e. The molecule has 1 N–H and O–H groups in total. The predicted molar refractivity (Wildman–Crippen MR) is 108 cm³/mol. The molecule has 5 nitrogen and oxygen atoms in total. The Kier molecular flexibility index (Phi) is 7.14. The van der Waals surface area contributed by atoms with Gasteiger partial charge >= 0.3 is 0 Å². The summed E-state index contributed by atoms with van der Waals surface area (Å²) in [6, 6.07) is 6.43. The van der Waals surface area contributed by atoms with E-state index in [9.17, 15) is 14.0 Å². The predicted octanol–water partition coefficient (Wildman–Crippen LogP) is 3.12. The lowest BCUT2D eigenvalue weighted by Gasteiger charge is -2.32. The van der Waals surface area contributed by atoms with Crippen LogP contribution in [-0.4, -0.2) is 41.3 Å². The van der Waals surface area contributed by atoms with Crippen molar-refractivity contribution in [2.24, 2.45) is 5.92 Å². The molecule has 1 unspecified atom stereocenters. The molecule has 7 heteroatoms. The van der Waals surface area contributed by atoms with Gasteiger partial charge in [-0.15, -0.1) is 11.3 Å². The van der Waals surface area contributed by atoms with E-state index in [4.69, 9.17) is 0 Å². The summed E-state index contributed by atoms with van der Waals surface area (Å²) >= 11 is 1.65. The minimum atomic E-state index is -0.270. The lowest BCUT2D eigenvalue weighted by atomic mass is 9.96. The van der Waals surface area contributed by atoms with Crippen molar-refractivity contribution in [3.8, 4) is 0 Å². The molecule has 1 atom stereocenters.